The van der Waals surface area contributed by atoms with Crippen molar-refractivity contribution in [1.82, 2.24) is 0 Å². The van der Waals surface area contributed by atoms with Gasteiger partial charge in [-0.25, -0.2) is 0 Å². The number of aryl methyl sites for hydroxylation is 1. The first-order chi connectivity index (χ1) is 10.8. The summed E-state index contributed by atoms with van der Waals surface area (Å²) in [6, 6.07) is 18.7. The monoisotopic (exact) mass is 295 g/mol. The molecule has 2 atom stereocenters. The van der Waals surface area contributed by atoms with Gasteiger partial charge in [-0.3, -0.25) is 4.79 Å². The molecule has 0 aliphatic carbocycles. The van der Waals surface area contributed by atoms with Crippen LogP contribution in [0.4, 0.5) is 5.69 Å². The number of carbonyl (C=O) groups is 1. The topological polar surface area (TPSA) is 38.3 Å². The minimum atomic E-state index is -0.125. The van der Waals surface area contributed by atoms with Crippen LogP contribution in [0.15, 0.2) is 54.6 Å². The summed E-state index contributed by atoms with van der Waals surface area (Å²) in [5.41, 5.74) is 3.63. The minimum Gasteiger partial charge on any atom is -0.469 e. The smallest absolute Gasteiger partial charge is 0.311 e. The van der Waals surface area contributed by atoms with E-state index in [2.05, 4.69) is 41.7 Å². The van der Waals surface area contributed by atoms with Gasteiger partial charge in [0.2, 0.25) is 0 Å². The molecule has 0 bridgehead atoms. The maximum atomic E-state index is 12.1. The number of anilines is 1. The number of ether oxygens (including phenoxy) is 1. The quantitative estimate of drug-likeness (QED) is 0.878. The predicted octanol–water partition coefficient (Wildman–Crippen LogP) is 3.45. The van der Waals surface area contributed by atoms with Crippen molar-refractivity contribution in [2.45, 2.75) is 25.3 Å². The molecule has 3 heteroatoms. The lowest BCUT2D eigenvalue weighted by Gasteiger charge is -2.33. The average Bonchev–Trinajstić information content (AvgIpc) is 2.59. The molecule has 22 heavy (non-hydrogen) atoms. The molecule has 3 nitrogen and oxygen atoms in total. The van der Waals surface area contributed by atoms with E-state index in [-0.39, 0.29) is 17.9 Å². The Labute approximate surface area is 131 Å². The summed E-state index contributed by atoms with van der Waals surface area (Å²) < 4.78 is 5.01. The second-order valence-corrected chi connectivity index (χ2v) is 5.77. The van der Waals surface area contributed by atoms with Gasteiger partial charge in [-0.15, -0.1) is 0 Å². The number of methoxy groups -OCH3 is 1. The largest absolute Gasteiger partial charge is 0.469 e. The van der Waals surface area contributed by atoms with Crippen LogP contribution in [0.2, 0.25) is 0 Å². The van der Waals surface area contributed by atoms with Crippen molar-refractivity contribution in [2.24, 2.45) is 5.92 Å². The first-order valence-electron chi connectivity index (χ1n) is 7.74. The third-order valence-electron chi connectivity index (χ3n) is 4.37. The van der Waals surface area contributed by atoms with E-state index in [1.807, 2.05) is 18.2 Å². The Morgan fingerprint density at radius 2 is 1.86 bits per heavy atom. The summed E-state index contributed by atoms with van der Waals surface area (Å²) >= 11 is 0. The van der Waals surface area contributed by atoms with Crippen LogP contribution in [0.25, 0.3) is 0 Å². The highest BCUT2D eigenvalue weighted by molar-refractivity contribution is 5.76. The molecule has 0 saturated carbocycles. The van der Waals surface area contributed by atoms with Crippen LogP contribution in [0.1, 0.15) is 17.5 Å². The zero-order chi connectivity index (χ0) is 15.4. The van der Waals surface area contributed by atoms with Crippen LogP contribution in [-0.2, 0) is 22.4 Å². The Bertz CT molecular complexity index is 639. The van der Waals surface area contributed by atoms with E-state index in [0.29, 0.717) is 0 Å². The van der Waals surface area contributed by atoms with Crippen LogP contribution in [0.5, 0.6) is 0 Å². The number of hydrogen-bond donors (Lipinski definition) is 1. The molecule has 0 radical (unpaired) electrons. The normalized spacial score (nSPS) is 19.9. The van der Waals surface area contributed by atoms with Gasteiger partial charge in [-0.2, -0.15) is 0 Å². The van der Waals surface area contributed by atoms with Crippen LogP contribution in [-0.4, -0.2) is 19.1 Å². The highest BCUT2D eigenvalue weighted by Gasteiger charge is 2.33. The number of para-hydroxylation sites is 1. The molecule has 0 saturated heterocycles. The number of esters is 1. The zero-order valence-electron chi connectivity index (χ0n) is 12.8. The average molecular weight is 295 g/mol. The molecule has 0 fully saturated rings. The van der Waals surface area contributed by atoms with Crippen LogP contribution in [0.3, 0.4) is 0 Å². The first kappa shape index (κ1) is 14.6. The van der Waals surface area contributed by atoms with Crippen molar-refractivity contribution >= 4 is 11.7 Å². The van der Waals surface area contributed by atoms with Crippen molar-refractivity contribution in [3.05, 3.63) is 65.7 Å². The van der Waals surface area contributed by atoms with Crippen LogP contribution in [0, 0.1) is 5.92 Å². The van der Waals surface area contributed by atoms with Crippen molar-refractivity contribution in [3.8, 4) is 0 Å². The molecule has 1 aliphatic rings. The molecular weight excluding hydrogens is 274 g/mol. The summed E-state index contributed by atoms with van der Waals surface area (Å²) in [4.78, 5) is 12.1. The highest BCUT2D eigenvalue weighted by Crippen LogP contribution is 2.31. The van der Waals surface area contributed by atoms with E-state index < -0.39 is 0 Å². The number of benzene rings is 2. The van der Waals surface area contributed by atoms with Gasteiger partial charge in [-0.1, -0.05) is 48.5 Å². The zero-order valence-corrected chi connectivity index (χ0v) is 12.8. The molecule has 0 aromatic heterocycles. The maximum absolute atomic E-state index is 12.1. The van der Waals surface area contributed by atoms with Gasteiger partial charge < -0.3 is 10.1 Å². The molecule has 1 heterocycles. The summed E-state index contributed by atoms with van der Waals surface area (Å²) in [5, 5.41) is 3.53. The number of carbonyl (C=O) groups excluding carboxylic acids is 1. The molecular formula is C19H21NO2. The lowest BCUT2D eigenvalue weighted by atomic mass is 9.84. The second-order valence-electron chi connectivity index (χ2n) is 5.77. The summed E-state index contributed by atoms with van der Waals surface area (Å²) in [6.45, 7) is 0. The lowest BCUT2D eigenvalue weighted by molar-refractivity contribution is -0.146. The SMILES string of the molecule is COC(=O)[C@@H]1Cc2ccccc2N[C@H]1CCc1ccccc1. The van der Waals surface area contributed by atoms with E-state index in [9.17, 15) is 4.79 Å². The van der Waals surface area contributed by atoms with Gasteiger partial charge in [-0.05, 0) is 36.5 Å². The van der Waals surface area contributed by atoms with Gasteiger partial charge in [0.05, 0.1) is 13.0 Å². The fraction of sp³-hybridized carbons (Fsp3) is 0.316. The van der Waals surface area contributed by atoms with Gasteiger partial charge >= 0.3 is 5.97 Å². The van der Waals surface area contributed by atoms with E-state index in [0.717, 1.165) is 24.9 Å². The number of nitrogens with one attached hydrogen (secondary N) is 1. The Balaban J connectivity index is 1.76. The number of rotatable bonds is 4. The Morgan fingerprint density at radius 1 is 1.14 bits per heavy atom. The van der Waals surface area contributed by atoms with E-state index >= 15 is 0 Å². The first-order valence-corrected chi connectivity index (χ1v) is 7.74. The van der Waals surface area contributed by atoms with E-state index in [1.54, 1.807) is 0 Å². The molecule has 0 unspecified atom stereocenters. The van der Waals surface area contributed by atoms with Gasteiger partial charge in [0.1, 0.15) is 0 Å². The third kappa shape index (κ3) is 3.14. The Kier molecular flexibility index (Phi) is 4.42. The maximum Gasteiger partial charge on any atom is 0.311 e. The Morgan fingerprint density at radius 3 is 2.64 bits per heavy atom. The molecule has 3 rings (SSSR count). The molecule has 1 aliphatic heterocycles. The fourth-order valence-corrected chi connectivity index (χ4v) is 3.16. The fourth-order valence-electron chi connectivity index (χ4n) is 3.16. The predicted molar refractivity (Wildman–Crippen MR) is 87.8 cm³/mol. The molecule has 2 aromatic rings. The molecule has 114 valence electrons. The van der Waals surface area contributed by atoms with Crippen molar-refractivity contribution in [3.63, 3.8) is 0 Å². The summed E-state index contributed by atoms with van der Waals surface area (Å²) in [5.74, 6) is -0.247. The van der Waals surface area contributed by atoms with Crippen LogP contribution >= 0.6 is 0 Å². The van der Waals surface area contributed by atoms with E-state index in [4.69, 9.17) is 4.74 Å². The van der Waals surface area contributed by atoms with E-state index in [1.165, 1.54) is 18.2 Å². The van der Waals surface area contributed by atoms with Crippen molar-refractivity contribution in [1.29, 1.82) is 0 Å². The van der Waals surface area contributed by atoms with Crippen molar-refractivity contribution < 1.29 is 9.53 Å². The molecule has 2 aromatic carbocycles. The Hall–Kier alpha value is -2.29. The minimum absolute atomic E-state index is 0.113. The summed E-state index contributed by atoms with van der Waals surface area (Å²) in [6.07, 6.45) is 2.61. The lowest BCUT2D eigenvalue weighted by Crippen LogP contribution is -2.40. The second kappa shape index (κ2) is 6.65. The van der Waals surface area contributed by atoms with Gasteiger partial charge in [0, 0.05) is 11.7 Å². The van der Waals surface area contributed by atoms with Crippen molar-refractivity contribution in [2.75, 3.05) is 12.4 Å². The molecule has 0 amide bonds. The summed E-state index contributed by atoms with van der Waals surface area (Å²) in [7, 11) is 1.47. The standard InChI is InChI=1S/C19H21NO2/c1-22-19(21)16-13-15-9-5-6-10-17(15)20-18(16)12-11-14-7-3-2-4-8-14/h2-10,16,18,20H,11-13H2,1H3/t16-,18+/m1/s1. The number of fused-ring (bicyclic) bond motifs is 1. The van der Waals surface area contributed by atoms with Crippen LogP contribution < -0.4 is 5.32 Å². The third-order valence-corrected chi connectivity index (χ3v) is 4.37. The molecule has 1 N–H and O–H groups in total. The number of hydrogen-bond acceptors (Lipinski definition) is 3. The highest BCUT2D eigenvalue weighted by atomic mass is 16.5. The molecule has 0 spiro atoms. The van der Waals surface area contributed by atoms with Gasteiger partial charge in [0.25, 0.3) is 0 Å². The van der Waals surface area contributed by atoms with Gasteiger partial charge in [0.15, 0.2) is 0 Å².